The van der Waals surface area contributed by atoms with E-state index < -0.39 is 30.4 Å². The van der Waals surface area contributed by atoms with Crippen LogP contribution in [0.25, 0.3) is 0 Å². The van der Waals surface area contributed by atoms with Gasteiger partial charge in [0.15, 0.2) is 0 Å². The van der Waals surface area contributed by atoms with E-state index in [4.69, 9.17) is 14.9 Å². The van der Waals surface area contributed by atoms with E-state index in [2.05, 4.69) is 5.32 Å². The number of aliphatic hydroxyl groups is 1. The van der Waals surface area contributed by atoms with Gasteiger partial charge in [-0.25, -0.2) is 4.79 Å². The Morgan fingerprint density at radius 1 is 1.33 bits per heavy atom. The molecule has 1 saturated heterocycles. The largest absolute Gasteiger partial charge is 0.480 e. The minimum absolute atomic E-state index is 0.381. The Balaban J connectivity index is 2.11. The number of carboxylic acid groups (broad SMARTS) is 1. The van der Waals surface area contributed by atoms with Gasteiger partial charge in [0, 0.05) is 6.61 Å². The second-order valence-corrected chi connectivity index (χ2v) is 5.03. The maximum atomic E-state index is 12.3. The molecule has 0 saturated carbocycles. The Bertz CT molecular complexity index is 490. The molecule has 1 aliphatic heterocycles. The number of benzene rings is 1. The summed E-state index contributed by atoms with van der Waals surface area (Å²) in [6.07, 6.45) is 0.995. The summed E-state index contributed by atoms with van der Waals surface area (Å²) in [5.41, 5.74) is 0.897. The smallest absolute Gasteiger partial charge is 0.328 e. The van der Waals surface area contributed by atoms with Crippen LogP contribution in [0.4, 0.5) is 0 Å². The third-order valence-corrected chi connectivity index (χ3v) is 3.58. The monoisotopic (exact) mass is 293 g/mol. The van der Waals surface area contributed by atoms with Crippen LogP contribution < -0.4 is 5.32 Å². The first kappa shape index (κ1) is 15.5. The fraction of sp³-hybridized carbons (Fsp3) is 0.467. The van der Waals surface area contributed by atoms with Crippen molar-refractivity contribution in [1.82, 2.24) is 5.32 Å². The van der Waals surface area contributed by atoms with Crippen LogP contribution in [0.1, 0.15) is 24.5 Å². The van der Waals surface area contributed by atoms with Crippen LogP contribution >= 0.6 is 0 Å². The summed E-state index contributed by atoms with van der Waals surface area (Å²) in [5.74, 6) is -2.10. The van der Waals surface area contributed by atoms with E-state index >= 15 is 0 Å². The number of ether oxygens (including phenoxy) is 1. The van der Waals surface area contributed by atoms with Crippen LogP contribution in [-0.2, 0) is 14.3 Å². The van der Waals surface area contributed by atoms with Crippen LogP contribution in [0, 0.1) is 5.92 Å². The van der Waals surface area contributed by atoms with E-state index in [9.17, 15) is 9.59 Å². The molecule has 21 heavy (non-hydrogen) atoms. The number of rotatable bonds is 5. The van der Waals surface area contributed by atoms with E-state index in [1.807, 2.05) is 30.3 Å². The van der Waals surface area contributed by atoms with Gasteiger partial charge >= 0.3 is 5.97 Å². The van der Waals surface area contributed by atoms with Gasteiger partial charge in [0.05, 0.1) is 18.6 Å². The maximum Gasteiger partial charge on any atom is 0.328 e. The van der Waals surface area contributed by atoms with Crippen LogP contribution in [0.2, 0.25) is 0 Å². The first-order valence-corrected chi connectivity index (χ1v) is 6.94. The SMILES string of the molecule is O=C(N[C@H](CO)C(=O)O)C1CCCOC1c1ccccc1. The quantitative estimate of drug-likeness (QED) is 0.743. The van der Waals surface area contributed by atoms with Crippen LogP contribution in [0.15, 0.2) is 30.3 Å². The third kappa shape index (κ3) is 3.80. The van der Waals surface area contributed by atoms with E-state index in [0.29, 0.717) is 13.0 Å². The number of hydrogen-bond donors (Lipinski definition) is 3. The summed E-state index contributed by atoms with van der Waals surface area (Å²) in [7, 11) is 0. The molecule has 1 aliphatic rings. The van der Waals surface area contributed by atoms with Crippen molar-refractivity contribution >= 4 is 11.9 Å². The van der Waals surface area contributed by atoms with Gasteiger partial charge in [0.25, 0.3) is 0 Å². The van der Waals surface area contributed by atoms with E-state index in [1.54, 1.807) is 0 Å². The zero-order chi connectivity index (χ0) is 15.2. The summed E-state index contributed by atoms with van der Waals surface area (Å²) >= 11 is 0. The van der Waals surface area contributed by atoms with Crippen molar-refractivity contribution in [2.45, 2.75) is 25.0 Å². The Morgan fingerprint density at radius 2 is 2.05 bits per heavy atom. The van der Waals surface area contributed by atoms with Gasteiger partial charge in [-0.2, -0.15) is 0 Å². The molecule has 1 heterocycles. The van der Waals surface area contributed by atoms with Crippen molar-refractivity contribution in [3.63, 3.8) is 0 Å². The lowest BCUT2D eigenvalue weighted by Gasteiger charge is -2.31. The Hall–Kier alpha value is -1.92. The number of carboxylic acids is 1. The van der Waals surface area contributed by atoms with Crippen LogP contribution in [0.3, 0.4) is 0 Å². The van der Waals surface area contributed by atoms with Crippen molar-refractivity contribution in [2.24, 2.45) is 5.92 Å². The van der Waals surface area contributed by atoms with Crippen LogP contribution in [-0.4, -0.2) is 41.3 Å². The molecule has 1 fully saturated rings. The van der Waals surface area contributed by atoms with Gasteiger partial charge in [-0.3, -0.25) is 4.79 Å². The Kier molecular flexibility index (Phi) is 5.30. The van der Waals surface area contributed by atoms with Gasteiger partial charge in [-0.15, -0.1) is 0 Å². The fourth-order valence-corrected chi connectivity index (χ4v) is 2.49. The highest BCUT2D eigenvalue weighted by Crippen LogP contribution is 2.33. The molecule has 0 aromatic heterocycles. The fourth-order valence-electron chi connectivity index (χ4n) is 2.49. The third-order valence-electron chi connectivity index (χ3n) is 3.58. The standard InChI is InChI=1S/C15H19NO5/c17-9-12(15(19)20)16-14(18)11-7-4-8-21-13(11)10-5-2-1-3-6-10/h1-3,5-6,11-13,17H,4,7-9H2,(H,16,18)(H,19,20)/t11?,12-,13?/m1/s1. The molecule has 0 spiro atoms. The summed E-state index contributed by atoms with van der Waals surface area (Å²) in [6, 6.07) is 8.11. The topological polar surface area (TPSA) is 95.9 Å². The zero-order valence-electron chi connectivity index (χ0n) is 11.6. The molecule has 0 radical (unpaired) electrons. The number of aliphatic carboxylic acids is 1. The number of nitrogens with one attached hydrogen (secondary N) is 1. The molecule has 1 amide bonds. The molecule has 114 valence electrons. The molecular formula is C15H19NO5. The molecule has 1 aromatic rings. The second-order valence-electron chi connectivity index (χ2n) is 5.03. The highest BCUT2D eigenvalue weighted by atomic mass is 16.5. The van der Waals surface area contributed by atoms with Crippen molar-refractivity contribution in [2.75, 3.05) is 13.2 Å². The van der Waals surface area contributed by atoms with Crippen molar-refractivity contribution < 1.29 is 24.5 Å². The van der Waals surface area contributed by atoms with Gasteiger partial charge in [-0.05, 0) is 18.4 Å². The lowest BCUT2D eigenvalue weighted by molar-refractivity contribution is -0.146. The van der Waals surface area contributed by atoms with Crippen molar-refractivity contribution in [3.05, 3.63) is 35.9 Å². The minimum atomic E-state index is -1.28. The van der Waals surface area contributed by atoms with Crippen molar-refractivity contribution in [3.8, 4) is 0 Å². The lowest BCUT2D eigenvalue weighted by Crippen LogP contribution is -2.47. The van der Waals surface area contributed by atoms with Gasteiger partial charge in [-0.1, -0.05) is 30.3 Å². The first-order valence-electron chi connectivity index (χ1n) is 6.94. The molecule has 2 unspecified atom stereocenters. The predicted octanol–water partition coefficient (Wildman–Crippen LogP) is 0.716. The lowest BCUT2D eigenvalue weighted by atomic mass is 9.88. The average Bonchev–Trinajstić information content (AvgIpc) is 2.53. The van der Waals surface area contributed by atoms with E-state index in [1.165, 1.54) is 0 Å². The summed E-state index contributed by atoms with van der Waals surface area (Å²) < 4.78 is 5.70. The number of amides is 1. The number of aliphatic hydroxyl groups excluding tert-OH is 1. The molecule has 0 bridgehead atoms. The average molecular weight is 293 g/mol. The maximum absolute atomic E-state index is 12.3. The van der Waals surface area contributed by atoms with Gasteiger partial charge in [0.2, 0.25) is 5.91 Å². The minimum Gasteiger partial charge on any atom is -0.480 e. The number of carbonyl (C=O) groups excluding carboxylic acids is 1. The number of carbonyl (C=O) groups is 2. The highest BCUT2D eigenvalue weighted by Gasteiger charge is 2.34. The Labute approximate surface area is 122 Å². The molecule has 6 nitrogen and oxygen atoms in total. The molecule has 2 rings (SSSR count). The van der Waals surface area contributed by atoms with Crippen molar-refractivity contribution in [1.29, 1.82) is 0 Å². The van der Waals surface area contributed by atoms with Crippen LogP contribution in [0.5, 0.6) is 0 Å². The van der Waals surface area contributed by atoms with E-state index in [0.717, 1.165) is 12.0 Å². The summed E-state index contributed by atoms with van der Waals surface area (Å²) in [6.45, 7) is -0.0592. The molecule has 3 atom stereocenters. The van der Waals surface area contributed by atoms with Gasteiger partial charge in [0.1, 0.15) is 6.04 Å². The zero-order valence-corrected chi connectivity index (χ0v) is 11.6. The predicted molar refractivity (Wildman–Crippen MR) is 74.5 cm³/mol. The van der Waals surface area contributed by atoms with E-state index in [-0.39, 0.29) is 6.10 Å². The molecule has 3 N–H and O–H groups in total. The summed E-state index contributed by atoms with van der Waals surface area (Å²) in [4.78, 5) is 23.2. The Morgan fingerprint density at radius 3 is 2.67 bits per heavy atom. The summed E-state index contributed by atoms with van der Waals surface area (Å²) in [5, 5.41) is 20.3. The highest BCUT2D eigenvalue weighted by molar-refractivity contribution is 5.85. The van der Waals surface area contributed by atoms with Gasteiger partial charge < -0.3 is 20.3 Å². The normalized spacial score (nSPS) is 23.3. The molecule has 0 aliphatic carbocycles. The molecular weight excluding hydrogens is 274 g/mol. The second kappa shape index (κ2) is 7.19. The molecule has 1 aromatic carbocycles. The molecule has 6 heteroatoms. The number of hydrogen-bond acceptors (Lipinski definition) is 4. The first-order chi connectivity index (χ1) is 10.1.